The third-order valence-electron chi connectivity index (χ3n) is 5.28. The molecule has 2 aromatic rings. The van der Waals surface area contributed by atoms with Gasteiger partial charge in [-0.25, -0.2) is 8.42 Å². The van der Waals surface area contributed by atoms with Crippen LogP contribution in [0.15, 0.2) is 48.5 Å². The molecule has 0 bridgehead atoms. The molecule has 0 saturated heterocycles. The van der Waals surface area contributed by atoms with Crippen molar-refractivity contribution >= 4 is 61.7 Å². The largest absolute Gasteiger partial charge is 0.354 e. The Morgan fingerprint density at radius 1 is 1.06 bits per heavy atom. The van der Waals surface area contributed by atoms with Crippen LogP contribution in [-0.2, 0) is 26.2 Å². The zero-order valence-electron chi connectivity index (χ0n) is 19.6. The molecule has 0 saturated carbocycles. The van der Waals surface area contributed by atoms with Gasteiger partial charge in [0, 0.05) is 21.7 Å². The molecule has 2 amide bonds. The second-order valence-corrected chi connectivity index (χ2v) is 11.6. The maximum Gasteiger partial charge on any atom is 0.244 e. The lowest BCUT2D eigenvalue weighted by molar-refractivity contribution is -0.140. The minimum Gasteiger partial charge on any atom is -0.354 e. The summed E-state index contributed by atoms with van der Waals surface area (Å²) in [7, 11) is -3.74. The first-order chi connectivity index (χ1) is 16.1. The van der Waals surface area contributed by atoms with E-state index in [1.165, 1.54) is 4.90 Å². The highest BCUT2D eigenvalue weighted by molar-refractivity contribution is 14.1. The van der Waals surface area contributed by atoms with E-state index in [0.29, 0.717) is 23.7 Å². The van der Waals surface area contributed by atoms with E-state index >= 15 is 0 Å². The van der Waals surface area contributed by atoms with Crippen molar-refractivity contribution in [1.29, 1.82) is 0 Å². The van der Waals surface area contributed by atoms with Gasteiger partial charge in [-0.3, -0.25) is 13.9 Å². The first-order valence-corrected chi connectivity index (χ1v) is 14.4. The number of carbonyl (C=O) groups excluding carboxylic acids is 2. The summed E-state index contributed by atoms with van der Waals surface area (Å²) in [5, 5.41) is 3.46. The van der Waals surface area contributed by atoms with E-state index < -0.39 is 28.5 Å². The number of nitrogens with zero attached hydrogens (tertiary/aromatic N) is 2. The summed E-state index contributed by atoms with van der Waals surface area (Å²) in [4.78, 5) is 28.0. The summed E-state index contributed by atoms with van der Waals surface area (Å²) >= 11 is 8.13. The van der Waals surface area contributed by atoms with Gasteiger partial charge in [0.05, 0.1) is 11.9 Å². The molecule has 0 aliphatic rings. The molecule has 0 radical (unpaired) electrons. The van der Waals surface area contributed by atoms with Crippen molar-refractivity contribution in [3.63, 3.8) is 0 Å². The third kappa shape index (κ3) is 8.42. The smallest absolute Gasteiger partial charge is 0.244 e. The normalized spacial score (nSPS) is 12.1. The van der Waals surface area contributed by atoms with Crippen LogP contribution in [0.2, 0.25) is 5.02 Å². The monoisotopic (exact) mass is 619 g/mol. The molecule has 2 rings (SSSR count). The van der Waals surface area contributed by atoms with E-state index in [1.807, 2.05) is 13.8 Å². The standard InChI is InChI=1S/C24H31ClIN3O4S/c1-4-6-15-27-24(31)22(5-2)28(16-18-7-9-19(25)10-8-18)23(30)17-29(34(3,32)33)21-13-11-20(26)12-14-21/h7-14,22H,4-6,15-17H2,1-3H3,(H,27,31)/t22-/m0/s1. The lowest BCUT2D eigenvalue weighted by atomic mass is 10.1. The summed E-state index contributed by atoms with van der Waals surface area (Å²) in [6.07, 6.45) is 3.22. The van der Waals surface area contributed by atoms with E-state index in [0.717, 1.165) is 32.5 Å². The Morgan fingerprint density at radius 2 is 1.68 bits per heavy atom. The highest BCUT2D eigenvalue weighted by Crippen LogP contribution is 2.21. The molecule has 0 heterocycles. The molecule has 0 aromatic heterocycles. The van der Waals surface area contributed by atoms with E-state index in [-0.39, 0.29) is 12.5 Å². The van der Waals surface area contributed by atoms with Crippen LogP contribution in [0, 0.1) is 3.57 Å². The molecule has 10 heteroatoms. The van der Waals surface area contributed by atoms with Gasteiger partial charge in [-0.05, 0) is 77.4 Å². The fraction of sp³-hybridized carbons (Fsp3) is 0.417. The van der Waals surface area contributed by atoms with Crippen LogP contribution in [0.3, 0.4) is 0 Å². The Bertz CT molecular complexity index is 1060. The van der Waals surface area contributed by atoms with Gasteiger partial charge in [0.2, 0.25) is 21.8 Å². The van der Waals surface area contributed by atoms with Gasteiger partial charge in [-0.2, -0.15) is 0 Å². The van der Waals surface area contributed by atoms with Gasteiger partial charge < -0.3 is 10.2 Å². The predicted octanol–water partition coefficient (Wildman–Crippen LogP) is 4.43. The molecule has 0 spiro atoms. The second-order valence-electron chi connectivity index (χ2n) is 7.96. The average Bonchev–Trinajstić information content (AvgIpc) is 2.78. The fourth-order valence-corrected chi connectivity index (χ4v) is 4.77. The Labute approximate surface area is 221 Å². The quantitative estimate of drug-likeness (QED) is 0.281. The van der Waals surface area contributed by atoms with Gasteiger partial charge in [-0.15, -0.1) is 0 Å². The molecule has 0 unspecified atom stereocenters. The highest BCUT2D eigenvalue weighted by Gasteiger charge is 2.31. The molecule has 0 aliphatic carbocycles. The summed E-state index contributed by atoms with van der Waals surface area (Å²) in [5.41, 5.74) is 1.18. The summed E-state index contributed by atoms with van der Waals surface area (Å²) in [6, 6.07) is 13.2. The number of anilines is 1. The van der Waals surface area contributed by atoms with Crippen molar-refractivity contribution in [1.82, 2.24) is 10.2 Å². The number of hydrogen-bond donors (Lipinski definition) is 1. The Hall–Kier alpha value is -1.85. The van der Waals surface area contributed by atoms with Crippen LogP contribution in [0.4, 0.5) is 5.69 Å². The van der Waals surface area contributed by atoms with Crippen LogP contribution in [-0.4, -0.2) is 50.5 Å². The Balaban J connectivity index is 2.37. The summed E-state index contributed by atoms with van der Waals surface area (Å²) < 4.78 is 27.2. The lowest BCUT2D eigenvalue weighted by Crippen LogP contribution is -2.52. The fourth-order valence-electron chi connectivity index (χ4n) is 3.43. The van der Waals surface area contributed by atoms with E-state index in [2.05, 4.69) is 27.9 Å². The molecule has 1 atom stereocenters. The van der Waals surface area contributed by atoms with Crippen molar-refractivity contribution in [3.05, 3.63) is 62.7 Å². The molecular formula is C24H31ClIN3O4S. The number of unbranched alkanes of at least 4 members (excludes halogenated alkanes) is 1. The zero-order chi connectivity index (χ0) is 25.3. The van der Waals surface area contributed by atoms with E-state index in [1.54, 1.807) is 48.5 Å². The van der Waals surface area contributed by atoms with E-state index in [4.69, 9.17) is 11.6 Å². The lowest BCUT2D eigenvalue weighted by Gasteiger charge is -2.33. The number of sulfonamides is 1. The number of carbonyl (C=O) groups is 2. The summed E-state index contributed by atoms with van der Waals surface area (Å²) in [5.74, 6) is -0.713. The molecule has 7 nitrogen and oxygen atoms in total. The van der Waals surface area contributed by atoms with Crippen molar-refractivity contribution < 1.29 is 18.0 Å². The van der Waals surface area contributed by atoms with Crippen molar-refractivity contribution in [2.45, 2.75) is 45.7 Å². The Morgan fingerprint density at radius 3 is 2.21 bits per heavy atom. The topological polar surface area (TPSA) is 86.8 Å². The van der Waals surface area contributed by atoms with Gasteiger partial charge >= 0.3 is 0 Å². The highest BCUT2D eigenvalue weighted by atomic mass is 127. The molecule has 1 N–H and O–H groups in total. The summed E-state index contributed by atoms with van der Waals surface area (Å²) in [6.45, 7) is 4.13. The molecular weight excluding hydrogens is 589 g/mol. The van der Waals surface area contributed by atoms with E-state index in [9.17, 15) is 18.0 Å². The van der Waals surface area contributed by atoms with Crippen LogP contribution in [0.5, 0.6) is 0 Å². The number of hydrogen-bond acceptors (Lipinski definition) is 4. The third-order valence-corrected chi connectivity index (χ3v) is 7.39. The number of benzene rings is 2. The van der Waals surface area contributed by atoms with Gasteiger partial charge in [0.1, 0.15) is 12.6 Å². The second kappa shape index (κ2) is 13.3. The van der Waals surface area contributed by atoms with Crippen LogP contribution in [0.1, 0.15) is 38.7 Å². The van der Waals surface area contributed by atoms with Crippen molar-refractivity contribution in [2.75, 3.05) is 23.7 Å². The van der Waals surface area contributed by atoms with Crippen molar-refractivity contribution in [2.24, 2.45) is 0 Å². The molecule has 34 heavy (non-hydrogen) atoms. The average molecular weight is 620 g/mol. The van der Waals surface area contributed by atoms with Crippen molar-refractivity contribution in [3.8, 4) is 0 Å². The first kappa shape index (κ1) is 28.4. The number of nitrogens with one attached hydrogen (secondary N) is 1. The van der Waals surface area contributed by atoms with Gasteiger partial charge in [0.15, 0.2) is 0 Å². The van der Waals surface area contributed by atoms with Crippen LogP contribution >= 0.6 is 34.2 Å². The SMILES string of the molecule is CCCCNC(=O)[C@H](CC)N(Cc1ccc(Cl)cc1)C(=O)CN(c1ccc(I)cc1)S(C)(=O)=O. The minimum atomic E-state index is -3.74. The maximum atomic E-state index is 13.6. The van der Waals surface area contributed by atoms with Gasteiger partial charge in [-0.1, -0.05) is 44.0 Å². The minimum absolute atomic E-state index is 0.153. The number of rotatable bonds is 12. The molecule has 186 valence electrons. The van der Waals surface area contributed by atoms with Gasteiger partial charge in [0.25, 0.3) is 0 Å². The number of halogens is 2. The van der Waals surface area contributed by atoms with Crippen LogP contribution < -0.4 is 9.62 Å². The zero-order valence-corrected chi connectivity index (χ0v) is 23.4. The molecule has 2 aromatic carbocycles. The Kier molecular flexibility index (Phi) is 11.1. The maximum absolute atomic E-state index is 13.6. The number of amides is 2. The van der Waals surface area contributed by atoms with Crippen LogP contribution in [0.25, 0.3) is 0 Å². The first-order valence-electron chi connectivity index (χ1n) is 11.1. The molecule has 0 aliphatic heterocycles. The predicted molar refractivity (Wildman–Crippen MR) is 145 cm³/mol. The molecule has 0 fully saturated rings.